The molecule has 114 valence electrons. The molecule has 0 aliphatic carbocycles. The van der Waals surface area contributed by atoms with Gasteiger partial charge in [-0.1, -0.05) is 5.16 Å². The summed E-state index contributed by atoms with van der Waals surface area (Å²) in [5.41, 5.74) is 0.935. The Balaban J connectivity index is 1.51. The van der Waals surface area contributed by atoms with Crippen molar-refractivity contribution in [3.8, 4) is 0 Å². The van der Waals surface area contributed by atoms with Gasteiger partial charge in [-0.2, -0.15) is 0 Å². The molecule has 7 nitrogen and oxygen atoms in total. The highest BCUT2D eigenvalue weighted by Gasteiger charge is 2.27. The van der Waals surface area contributed by atoms with Crippen LogP contribution in [-0.4, -0.2) is 51.3 Å². The number of hydrogen-bond acceptors (Lipinski definition) is 7. The molecule has 1 aliphatic heterocycles. The van der Waals surface area contributed by atoms with Gasteiger partial charge >= 0.3 is 0 Å². The van der Waals surface area contributed by atoms with Crippen LogP contribution in [0.3, 0.4) is 0 Å². The van der Waals surface area contributed by atoms with Crippen LogP contribution in [0.25, 0.3) is 0 Å². The molecular weight excluding hydrogens is 270 g/mol. The fourth-order valence-corrected chi connectivity index (χ4v) is 2.77. The molecule has 0 amide bonds. The maximum absolute atomic E-state index is 5.44. The van der Waals surface area contributed by atoms with E-state index in [0.717, 1.165) is 37.5 Å². The molecule has 2 aromatic rings. The van der Waals surface area contributed by atoms with Crippen molar-refractivity contribution in [3.05, 3.63) is 29.3 Å². The Hall–Kier alpha value is -1.73. The summed E-state index contributed by atoms with van der Waals surface area (Å²) in [6.07, 6.45) is 1.14. The molecule has 1 fully saturated rings. The second-order valence-electron chi connectivity index (χ2n) is 5.74. The molecular formula is C14H21N5O2. The van der Waals surface area contributed by atoms with Crippen LogP contribution in [0.1, 0.15) is 29.7 Å². The normalized spacial score (nSPS) is 19.7. The topological polar surface area (TPSA) is 71.4 Å². The molecule has 0 spiro atoms. The summed E-state index contributed by atoms with van der Waals surface area (Å²) < 4.78 is 10.7. The van der Waals surface area contributed by atoms with Crippen LogP contribution in [0, 0.1) is 13.8 Å². The van der Waals surface area contributed by atoms with Crippen molar-refractivity contribution in [1.82, 2.24) is 25.2 Å². The number of hydrogen-bond donors (Lipinski definition) is 0. The highest BCUT2D eigenvalue weighted by atomic mass is 16.5. The maximum Gasteiger partial charge on any atom is 0.230 e. The highest BCUT2D eigenvalue weighted by molar-refractivity contribution is 5.03. The Morgan fingerprint density at radius 3 is 2.90 bits per heavy atom. The molecule has 3 rings (SSSR count). The van der Waals surface area contributed by atoms with Gasteiger partial charge in [0.2, 0.25) is 11.8 Å². The summed E-state index contributed by atoms with van der Waals surface area (Å²) in [5, 5.41) is 11.8. The molecule has 7 heteroatoms. The number of likely N-dealkylation sites (N-methyl/N-ethyl adjacent to an activating group) is 1. The molecule has 1 unspecified atom stereocenters. The van der Waals surface area contributed by atoms with Gasteiger partial charge < -0.3 is 8.94 Å². The molecule has 1 saturated heterocycles. The van der Waals surface area contributed by atoms with Crippen molar-refractivity contribution in [1.29, 1.82) is 0 Å². The predicted octanol–water partition coefficient (Wildman–Crippen LogP) is 1.38. The fraction of sp³-hybridized carbons (Fsp3) is 0.643. The van der Waals surface area contributed by atoms with Gasteiger partial charge in [0.25, 0.3) is 0 Å². The van der Waals surface area contributed by atoms with Gasteiger partial charge in [-0.3, -0.25) is 9.80 Å². The molecule has 0 saturated carbocycles. The zero-order chi connectivity index (χ0) is 14.8. The van der Waals surface area contributed by atoms with Crippen LogP contribution >= 0.6 is 0 Å². The van der Waals surface area contributed by atoms with E-state index in [2.05, 4.69) is 32.2 Å². The van der Waals surface area contributed by atoms with Crippen LogP contribution in [0.15, 0.2) is 15.0 Å². The van der Waals surface area contributed by atoms with Gasteiger partial charge in [-0.25, -0.2) is 0 Å². The molecule has 1 atom stereocenters. The van der Waals surface area contributed by atoms with Crippen LogP contribution < -0.4 is 0 Å². The lowest BCUT2D eigenvalue weighted by atomic mass is 10.2. The van der Waals surface area contributed by atoms with E-state index in [-0.39, 0.29) is 0 Å². The van der Waals surface area contributed by atoms with Gasteiger partial charge in [-0.05, 0) is 20.4 Å². The fourth-order valence-electron chi connectivity index (χ4n) is 2.77. The van der Waals surface area contributed by atoms with E-state index in [0.29, 0.717) is 24.4 Å². The molecule has 2 aromatic heterocycles. The first kappa shape index (κ1) is 14.2. The second kappa shape index (κ2) is 5.95. The monoisotopic (exact) mass is 291 g/mol. The molecule has 1 aliphatic rings. The van der Waals surface area contributed by atoms with E-state index in [4.69, 9.17) is 8.94 Å². The minimum absolute atomic E-state index is 0.501. The second-order valence-corrected chi connectivity index (χ2v) is 5.74. The molecule has 0 aromatic carbocycles. The minimum atomic E-state index is 0.501. The lowest BCUT2D eigenvalue weighted by molar-refractivity contribution is 0.198. The zero-order valence-electron chi connectivity index (χ0n) is 12.7. The van der Waals surface area contributed by atoms with Crippen molar-refractivity contribution >= 4 is 0 Å². The van der Waals surface area contributed by atoms with E-state index >= 15 is 0 Å². The van der Waals surface area contributed by atoms with Crippen molar-refractivity contribution in [2.24, 2.45) is 0 Å². The molecule has 0 radical (unpaired) electrons. The van der Waals surface area contributed by atoms with Crippen molar-refractivity contribution in [2.45, 2.75) is 39.4 Å². The number of likely N-dealkylation sites (tertiary alicyclic amines) is 1. The summed E-state index contributed by atoms with van der Waals surface area (Å²) in [7, 11) is 2.10. The Bertz CT molecular complexity index is 594. The zero-order valence-corrected chi connectivity index (χ0v) is 12.7. The minimum Gasteiger partial charge on any atom is -0.424 e. The van der Waals surface area contributed by atoms with Crippen LogP contribution in [0.5, 0.6) is 0 Å². The van der Waals surface area contributed by atoms with Gasteiger partial charge in [0.1, 0.15) is 0 Å². The summed E-state index contributed by atoms with van der Waals surface area (Å²) >= 11 is 0. The summed E-state index contributed by atoms with van der Waals surface area (Å²) in [6, 6.07) is 2.50. The average molecular weight is 291 g/mol. The Morgan fingerprint density at radius 1 is 1.38 bits per heavy atom. The Kier molecular flexibility index (Phi) is 4.03. The number of aryl methyl sites for hydroxylation is 2. The maximum atomic E-state index is 5.44. The highest BCUT2D eigenvalue weighted by Crippen LogP contribution is 2.19. The number of rotatable bonds is 5. The summed E-state index contributed by atoms with van der Waals surface area (Å²) in [4.78, 5) is 4.67. The molecule has 0 N–H and O–H groups in total. The lowest BCUT2D eigenvalue weighted by Gasteiger charge is -2.22. The number of aromatic nitrogens is 3. The van der Waals surface area contributed by atoms with Gasteiger partial charge in [0, 0.05) is 32.1 Å². The van der Waals surface area contributed by atoms with E-state index in [1.165, 1.54) is 0 Å². The average Bonchev–Trinajstić information content (AvgIpc) is 3.13. The molecule has 21 heavy (non-hydrogen) atoms. The number of nitrogens with zero attached hydrogens (tertiary/aromatic N) is 5. The Labute approximate surface area is 123 Å². The third-order valence-electron chi connectivity index (χ3n) is 3.88. The molecule has 3 heterocycles. The summed E-state index contributed by atoms with van der Waals surface area (Å²) in [5.74, 6) is 2.23. The standard InChI is InChI=1S/C14H21N5O2/c1-10-6-13(21-17-10)8-19-5-4-12(7-19)18(3)9-14-16-15-11(2)20-14/h6,12H,4-5,7-9H2,1-3H3. The van der Waals surface area contributed by atoms with Crippen LogP contribution in [0.4, 0.5) is 0 Å². The first-order chi connectivity index (χ1) is 10.1. The van der Waals surface area contributed by atoms with E-state index in [1.54, 1.807) is 0 Å². The van der Waals surface area contributed by atoms with Gasteiger partial charge in [0.15, 0.2) is 5.76 Å². The SMILES string of the molecule is Cc1cc(CN2CCC(N(C)Cc3nnc(C)o3)C2)on1. The van der Waals surface area contributed by atoms with Crippen molar-refractivity contribution < 1.29 is 8.94 Å². The molecule has 0 bridgehead atoms. The third-order valence-corrected chi connectivity index (χ3v) is 3.88. The first-order valence-corrected chi connectivity index (χ1v) is 7.24. The largest absolute Gasteiger partial charge is 0.424 e. The van der Waals surface area contributed by atoms with Crippen LogP contribution in [-0.2, 0) is 13.1 Å². The smallest absolute Gasteiger partial charge is 0.230 e. The lowest BCUT2D eigenvalue weighted by Crippen LogP contribution is -2.34. The predicted molar refractivity (Wildman–Crippen MR) is 75.4 cm³/mol. The quantitative estimate of drug-likeness (QED) is 0.824. The van der Waals surface area contributed by atoms with E-state index in [1.807, 2.05) is 19.9 Å². The van der Waals surface area contributed by atoms with Gasteiger partial charge in [-0.15, -0.1) is 10.2 Å². The van der Waals surface area contributed by atoms with Crippen LogP contribution in [0.2, 0.25) is 0 Å². The van der Waals surface area contributed by atoms with E-state index in [9.17, 15) is 0 Å². The Morgan fingerprint density at radius 2 is 2.24 bits per heavy atom. The van der Waals surface area contributed by atoms with Gasteiger partial charge in [0.05, 0.1) is 18.8 Å². The first-order valence-electron chi connectivity index (χ1n) is 7.24. The van der Waals surface area contributed by atoms with E-state index < -0.39 is 0 Å². The van der Waals surface area contributed by atoms with Crippen molar-refractivity contribution in [2.75, 3.05) is 20.1 Å². The summed E-state index contributed by atoms with van der Waals surface area (Å²) in [6.45, 7) is 7.36. The van der Waals surface area contributed by atoms with Crippen molar-refractivity contribution in [3.63, 3.8) is 0 Å². The third kappa shape index (κ3) is 3.48.